The van der Waals surface area contributed by atoms with Crippen molar-refractivity contribution in [1.82, 2.24) is 19.7 Å². The third-order valence-corrected chi connectivity index (χ3v) is 6.77. The van der Waals surface area contributed by atoms with Crippen molar-refractivity contribution >= 4 is 29.3 Å². The van der Waals surface area contributed by atoms with E-state index in [1.165, 1.54) is 0 Å². The predicted molar refractivity (Wildman–Crippen MR) is 135 cm³/mol. The molecule has 0 atom stereocenters. The molecule has 1 aromatic carbocycles. The Morgan fingerprint density at radius 3 is 2.24 bits per heavy atom. The van der Waals surface area contributed by atoms with E-state index in [0.717, 1.165) is 48.8 Å². The van der Waals surface area contributed by atoms with Crippen molar-refractivity contribution in [2.24, 2.45) is 0 Å². The standard InChI is InChI=1S/C25H24N4S2.CO2/c1-16(2)30-24-23(12-11-20-9-7-6-8-10-20)27-25(31-24)29-15-22(19(5)28-29)21-13-17(3)26-18(4)14-21;2-1-3/h6-10,13-16H,1-5H3;. The van der Waals surface area contributed by atoms with Crippen LogP contribution in [0.4, 0.5) is 0 Å². The number of pyridine rings is 1. The molecule has 4 rings (SSSR count). The van der Waals surface area contributed by atoms with Crippen LogP contribution in [0, 0.1) is 32.6 Å². The summed E-state index contributed by atoms with van der Waals surface area (Å²) in [6.07, 6.45) is 2.31. The van der Waals surface area contributed by atoms with Gasteiger partial charge in [-0.1, -0.05) is 49.3 Å². The minimum atomic E-state index is 0.250. The summed E-state index contributed by atoms with van der Waals surface area (Å²) in [6.45, 7) is 10.4. The van der Waals surface area contributed by atoms with Crippen LogP contribution < -0.4 is 0 Å². The van der Waals surface area contributed by atoms with E-state index in [9.17, 15) is 0 Å². The fraction of sp³-hybridized carbons (Fsp3) is 0.231. The Hall–Kier alpha value is -3.50. The summed E-state index contributed by atoms with van der Waals surface area (Å²) < 4.78 is 3.00. The van der Waals surface area contributed by atoms with Crippen LogP contribution in [0.3, 0.4) is 0 Å². The van der Waals surface area contributed by atoms with Crippen LogP contribution in [0.2, 0.25) is 0 Å². The van der Waals surface area contributed by atoms with E-state index >= 15 is 0 Å². The monoisotopic (exact) mass is 488 g/mol. The summed E-state index contributed by atoms with van der Waals surface area (Å²) in [5, 5.41) is 6.03. The fourth-order valence-electron chi connectivity index (χ4n) is 3.25. The van der Waals surface area contributed by atoms with Crippen LogP contribution in [0.1, 0.15) is 42.2 Å². The van der Waals surface area contributed by atoms with Crippen LogP contribution in [0.25, 0.3) is 16.3 Å². The van der Waals surface area contributed by atoms with E-state index in [4.69, 9.17) is 19.7 Å². The Morgan fingerprint density at radius 2 is 1.62 bits per heavy atom. The van der Waals surface area contributed by atoms with Crippen LogP contribution in [-0.4, -0.2) is 31.1 Å². The normalized spacial score (nSPS) is 10.2. The molecule has 0 bridgehead atoms. The molecule has 0 amide bonds. The second-order valence-corrected chi connectivity index (χ2v) is 10.5. The van der Waals surface area contributed by atoms with E-state index in [-0.39, 0.29) is 6.15 Å². The van der Waals surface area contributed by atoms with Gasteiger partial charge in [-0.05, 0) is 56.5 Å². The highest BCUT2D eigenvalue weighted by atomic mass is 32.2. The first-order valence-electron chi connectivity index (χ1n) is 10.6. The molecule has 0 saturated carbocycles. The molecule has 0 unspecified atom stereocenters. The Kier molecular flexibility index (Phi) is 8.55. The number of aromatic nitrogens is 4. The zero-order valence-corrected chi connectivity index (χ0v) is 21.3. The predicted octanol–water partition coefficient (Wildman–Crippen LogP) is 5.63. The van der Waals surface area contributed by atoms with Gasteiger partial charge >= 0.3 is 6.15 Å². The summed E-state index contributed by atoms with van der Waals surface area (Å²) in [5.41, 5.74) is 7.00. The van der Waals surface area contributed by atoms with Crippen molar-refractivity contribution in [2.75, 3.05) is 0 Å². The third-order valence-electron chi connectivity index (χ3n) is 4.51. The highest BCUT2D eigenvalue weighted by Crippen LogP contribution is 2.34. The molecule has 0 N–H and O–H groups in total. The maximum absolute atomic E-state index is 8.12. The van der Waals surface area contributed by atoms with Gasteiger partial charge in [0.15, 0.2) is 0 Å². The smallest absolute Gasteiger partial charge is 0.258 e. The molecule has 3 heterocycles. The lowest BCUT2D eigenvalue weighted by Gasteiger charge is -2.02. The first-order chi connectivity index (χ1) is 16.3. The Morgan fingerprint density at radius 1 is 0.971 bits per heavy atom. The minimum Gasteiger partial charge on any atom is -0.258 e. The lowest BCUT2D eigenvalue weighted by Crippen LogP contribution is -1.94. The summed E-state index contributed by atoms with van der Waals surface area (Å²) in [6, 6.07) is 14.2. The van der Waals surface area contributed by atoms with E-state index in [0.29, 0.717) is 5.25 Å². The third kappa shape index (κ3) is 6.52. The van der Waals surface area contributed by atoms with Crippen LogP contribution >= 0.6 is 23.1 Å². The van der Waals surface area contributed by atoms with Gasteiger partial charge in [-0.3, -0.25) is 4.98 Å². The summed E-state index contributed by atoms with van der Waals surface area (Å²) in [5.74, 6) is 6.51. The topological polar surface area (TPSA) is 77.7 Å². The van der Waals surface area contributed by atoms with Crippen molar-refractivity contribution in [3.05, 3.63) is 77.0 Å². The molecule has 0 spiro atoms. The number of hydrogen-bond acceptors (Lipinski definition) is 7. The highest BCUT2D eigenvalue weighted by Gasteiger charge is 2.16. The molecule has 3 aromatic heterocycles. The first-order valence-corrected chi connectivity index (χ1v) is 12.3. The van der Waals surface area contributed by atoms with Crippen molar-refractivity contribution in [3.8, 4) is 28.1 Å². The quantitative estimate of drug-likeness (QED) is 0.274. The maximum atomic E-state index is 8.12. The number of hydrogen-bond donors (Lipinski definition) is 0. The second-order valence-electron chi connectivity index (χ2n) is 7.71. The van der Waals surface area contributed by atoms with Crippen molar-refractivity contribution in [3.63, 3.8) is 0 Å². The molecule has 4 aromatic rings. The van der Waals surface area contributed by atoms with Gasteiger partial charge in [0.2, 0.25) is 5.13 Å². The molecule has 0 fully saturated rings. The van der Waals surface area contributed by atoms with E-state index in [2.05, 4.69) is 49.0 Å². The SMILES string of the molecule is Cc1cc(-c2cn(-c3nc(C#Cc4ccccc4)c(SC(C)C)s3)nc2C)cc(C)n1.O=C=O. The number of aryl methyl sites for hydroxylation is 3. The van der Waals surface area contributed by atoms with E-state index in [1.54, 1.807) is 23.1 Å². The molecule has 0 aliphatic heterocycles. The Bertz CT molecular complexity index is 1350. The molecular formula is C26H24N4O2S2. The molecule has 172 valence electrons. The van der Waals surface area contributed by atoms with Crippen molar-refractivity contribution in [2.45, 2.75) is 44.1 Å². The number of rotatable bonds is 4. The van der Waals surface area contributed by atoms with Crippen molar-refractivity contribution in [1.29, 1.82) is 0 Å². The van der Waals surface area contributed by atoms with Crippen molar-refractivity contribution < 1.29 is 9.59 Å². The molecule has 0 aliphatic carbocycles. The molecule has 6 nitrogen and oxygen atoms in total. The van der Waals surface area contributed by atoms with Gasteiger partial charge in [0.25, 0.3) is 0 Å². The molecule has 8 heteroatoms. The van der Waals surface area contributed by atoms with Crippen LogP contribution in [0.5, 0.6) is 0 Å². The average Bonchev–Trinajstić information content (AvgIpc) is 3.36. The molecule has 0 saturated heterocycles. The lowest BCUT2D eigenvalue weighted by atomic mass is 10.1. The number of thioether (sulfide) groups is 1. The van der Waals surface area contributed by atoms with Gasteiger partial charge in [-0.15, -0.1) is 11.8 Å². The maximum Gasteiger partial charge on any atom is 0.373 e. The Balaban J connectivity index is 0.00000103. The number of carbonyl (C=O) groups excluding carboxylic acids is 2. The van der Waals surface area contributed by atoms with Gasteiger partial charge in [0.05, 0.1) is 9.90 Å². The summed E-state index contributed by atoms with van der Waals surface area (Å²) in [7, 11) is 0. The molecule has 0 radical (unpaired) electrons. The van der Waals surface area contributed by atoms with Crippen LogP contribution in [0.15, 0.2) is 52.9 Å². The summed E-state index contributed by atoms with van der Waals surface area (Å²) in [4.78, 5) is 25.6. The number of nitrogens with zero attached hydrogens (tertiary/aromatic N) is 4. The number of thiazole rings is 1. The van der Waals surface area contributed by atoms with E-state index in [1.807, 2.05) is 55.8 Å². The first kappa shape index (κ1) is 25.1. The van der Waals surface area contributed by atoms with Gasteiger partial charge < -0.3 is 0 Å². The highest BCUT2D eigenvalue weighted by molar-refractivity contribution is 8.01. The number of benzene rings is 1. The molecular weight excluding hydrogens is 464 g/mol. The van der Waals surface area contributed by atoms with Gasteiger partial charge in [-0.2, -0.15) is 14.7 Å². The Labute approximate surface area is 207 Å². The fourth-order valence-corrected chi connectivity index (χ4v) is 5.56. The summed E-state index contributed by atoms with van der Waals surface area (Å²) >= 11 is 3.43. The largest absolute Gasteiger partial charge is 0.373 e. The van der Waals surface area contributed by atoms with Gasteiger partial charge in [0, 0.05) is 34.0 Å². The van der Waals surface area contributed by atoms with Gasteiger partial charge in [-0.25, -0.2) is 9.67 Å². The van der Waals surface area contributed by atoms with E-state index < -0.39 is 0 Å². The molecule has 34 heavy (non-hydrogen) atoms. The minimum absolute atomic E-state index is 0.250. The van der Waals surface area contributed by atoms with Crippen LogP contribution in [-0.2, 0) is 9.59 Å². The zero-order valence-electron chi connectivity index (χ0n) is 19.6. The zero-order chi connectivity index (χ0) is 24.7. The average molecular weight is 489 g/mol. The second kappa shape index (κ2) is 11.6. The lowest BCUT2D eigenvalue weighted by molar-refractivity contribution is -0.191. The van der Waals surface area contributed by atoms with Gasteiger partial charge in [0.1, 0.15) is 5.69 Å². The molecule has 0 aliphatic rings.